The van der Waals surface area contributed by atoms with Crippen molar-refractivity contribution in [3.05, 3.63) is 28.0 Å². The normalized spacial score (nSPS) is 17.1. The highest BCUT2D eigenvalue weighted by Gasteiger charge is 2.24. The predicted molar refractivity (Wildman–Crippen MR) is 102 cm³/mol. The summed E-state index contributed by atoms with van der Waals surface area (Å²) in [6.45, 7) is 3.56. The molecule has 1 unspecified atom stereocenters. The topological polar surface area (TPSA) is 92.9 Å². The summed E-state index contributed by atoms with van der Waals surface area (Å²) in [4.78, 5) is 28.9. The number of amides is 1. The molecular formula is C19H25N3O5. The van der Waals surface area contributed by atoms with Crippen LogP contribution in [0.15, 0.2) is 16.9 Å². The summed E-state index contributed by atoms with van der Waals surface area (Å²) in [5.41, 5.74) is 1.10. The number of fused-ring (bicyclic) bond motifs is 1. The van der Waals surface area contributed by atoms with Crippen molar-refractivity contribution in [3.8, 4) is 17.2 Å². The number of ether oxygens (including phenoxy) is 3. The summed E-state index contributed by atoms with van der Waals surface area (Å²) < 4.78 is 16.3. The van der Waals surface area contributed by atoms with Crippen molar-refractivity contribution in [2.75, 3.05) is 34.4 Å². The van der Waals surface area contributed by atoms with Crippen LogP contribution in [0, 0.1) is 0 Å². The first kappa shape index (κ1) is 19.0. The van der Waals surface area contributed by atoms with E-state index in [1.807, 2.05) is 6.07 Å². The molecule has 1 aliphatic heterocycles. The second kappa shape index (κ2) is 7.87. The molecule has 2 aromatic rings. The number of likely N-dealkylation sites (tertiary alicyclic amines) is 1. The molecule has 2 N–H and O–H groups in total. The van der Waals surface area contributed by atoms with Crippen LogP contribution in [0.1, 0.15) is 18.9 Å². The Kier molecular flexibility index (Phi) is 5.55. The highest BCUT2D eigenvalue weighted by Crippen LogP contribution is 2.42. The summed E-state index contributed by atoms with van der Waals surface area (Å²) in [7, 11) is 4.64. The van der Waals surface area contributed by atoms with Gasteiger partial charge in [0.05, 0.1) is 26.8 Å². The van der Waals surface area contributed by atoms with Gasteiger partial charge < -0.3 is 24.5 Å². The summed E-state index contributed by atoms with van der Waals surface area (Å²) in [6.07, 6.45) is 0.874. The maximum Gasteiger partial charge on any atom is 0.252 e. The zero-order valence-corrected chi connectivity index (χ0v) is 16.0. The maximum absolute atomic E-state index is 12.6. The van der Waals surface area contributed by atoms with E-state index >= 15 is 0 Å². The minimum Gasteiger partial charge on any atom is -0.493 e. The number of methoxy groups -OCH3 is 3. The van der Waals surface area contributed by atoms with Crippen LogP contribution in [0.5, 0.6) is 17.2 Å². The Hall–Kier alpha value is -2.74. The Morgan fingerprint density at radius 2 is 1.96 bits per heavy atom. The van der Waals surface area contributed by atoms with Crippen molar-refractivity contribution in [2.24, 2.45) is 0 Å². The second-order valence-corrected chi connectivity index (χ2v) is 6.65. The van der Waals surface area contributed by atoms with Crippen molar-refractivity contribution >= 4 is 16.8 Å². The SMILES string of the molecule is COc1cc2[nH]c(=O)c(CN3CCC(NC(C)=O)C3)cc2c(OC)c1OC. The van der Waals surface area contributed by atoms with Gasteiger partial charge in [0.2, 0.25) is 11.7 Å². The molecule has 1 aliphatic rings. The van der Waals surface area contributed by atoms with Gasteiger partial charge in [-0.25, -0.2) is 0 Å². The third kappa shape index (κ3) is 3.85. The zero-order chi connectivity index (χ0) is 19.6. The van der Waals surface area contributed by atoms with Crippen LogP contribution in [0.3, 0.4) is 0 Å². The monoisotopic (exact) mass is 375 g/mol. The van der Waals surface area contributed by atoms with Gasteiger partial charge in [-0.1, -0.05) is 0 Å². The standard InChI is InChI=1S/C19H25N3O5/c1-11(23)20-13-5-6-22(10-13)9-12-7-14-15(21-19(12)24)8-16(25-2)18(27-4)17(14)26-3/h7-8,13H,5-6,9-10H2,1-4H3,(H,20,23)(H,21,24). The van der Waals surface area contributed by atoms with Gasteiger partial charge in [-0.15, -0.1) is 0 Å². The summed E-state index contributed by atoms with van der Waals surface area (Å²) >= 11 is 0. The van der Waals surface area contributed by atoms with Gasteiger partial charge in [0.1, 0.15) is 0 Å². The molecule has 0 spiro atoms. The number of H-pyrrole nitrogens is 1. The van der Waals surface area contributed by atoms with Crippen molar-refractivity contribution in [3.63, 3.8) is 0 Å². The molecule has 8 heteroatoms. The molecule has 1 saturated heterocycles. The minimum atomic E-state index is -0.153. The van der Waals surface area contributed by atoms with Gasteiger partial charge in [-0.05, 0) is 12.5 Å². The molecule has 8 nitrogen and oxygen atoms in total. The first-order valence-corrected chi connectivity index (χ1v) is 8.81. The summed E-state index contributed by atoms with van der Waals surface area (Å²) in [5.74, 6) is 1.46. The van der Waals surface area contributed by atoms with Gasteiger partial charge in [0.15, 0.2) is 11.5 Å². The van der Waals surface area contributed by atoms with Crippen molar-refractivity contribution in [1.29, 1.82) is 0 Å². The third-order valence-corrected chi connectivity index (χ3v) is 4.80. The first-order chi connectivity index (χ1) is 13.0. The number of hydrogen-bond acceptors (Lipinski definition) is 6. The fraction of sp³-hybridized carbons (Fsp3) is 0.474. The third-order valence-electron chi connectivity index (χ3n) is 4.80. The number of carbonyl (C=O) groups excluding carboxylic acids is 1. The van der Waals surface area contributed by atoms with Crippen LogP contribution in [0.25, 0.3) is 10.9 Å². The van der Waals surface area contributed by atoms with E-state index in [4.69, 9.17) is 14.2 Å². The van der Waals surface area contributed by atoms with Crippen LogP contribution >= 0.6 is 0 Å². The van der Waals surface area contributed by atoms with E-state index in [2.05, 4.69) is 15.2 Å². The fourth-order valence-electron chi connectivity index (χ4n) is 3.61. The molecule has 3 rings (SSSR count). The molecule has 1 fully saturated rings. The quantitative estimate of drug-likeness (QED) is 0.790. The van der Waals surface area contributed by atoms with Gasteiger partial charge in [-0.3, -0.25) is 14.5 Å². The fourth-order valence-corrected chi connectivity index (χ4v) is 3.61. The number of rotatable bonds is 6. The van der Waals surface area contributed by atoms with Gasteiger partial charge in [0, 0.05) is 49.6 Å². The first-order valence-electron chi connectivity index (χ1n) is 8.81. The van der Waals surface area contributed by atoms with E-state index in [1.54, 1.807) is 20.3 Å². The lowest BCUT2D eigenvalue weighted by Crippen LogP contribution is -2.35. The number of aromatic nitrogens is 1. The van der Waals surface area contributed by atoms with Crippen LogP contribution in [-0.2, 0) is 11.3 Å². The van der Waals surface area contributed by atoms with Crippen molar-refractivity contribution in [1.82, 2.24) is 15.2 Å². The second-order valence-electron chi connectivity index (χ2n) is 6.65. The summed E-state index contributed by atoms with van der Waals surface area (Å²) in [6, 6.07) is 3.69. The van der Waals surface area contributed by atoms with Gasteiger partial charge in [0.25, 0.3) is 5.56 Å². The Balaban J connectivity index is 1.94. The highest BCUT2D eigenvalue weighted by atomic mass is 16.5. The van der Waals surface area contributed by atoms with E-state index < -0.39 is 0 Å². The van der Waals surface area contributed by atoms with Crippen LogP contribution in [0.2, 0.25) is 0 Å². The van der Waals surface area contributed by atoms with Crippen LogP contribution in [-0.4, -0.2) is 56.3 Å². The average molecular weight is 375 g/mol. The van der Waals surface area contributed by atoms with Crippen LogP contribution in [0.4, 0.5) is 0 Å². The lowest BCUT2D eigenvalue weighted by Gasteiger charge is -2.18. The maximum atomic E-state index is 12.6. The number of benzene rings is 1. The van der Waals surface area contributed by atoms with E-state index in [0.717, 1.165) is 24.9 Å². The molecular weight excluding hydrogens is 350 g/mol. The molecule has 1 aromatic heterocycles. The number of hydrogen-bond donors (Lipinski definition) is 2. The lowest BCUT2D eigenvalue weighted by atomic mass is 10.1. The number of nitrogens with zero attached hydrogens (tertiary/aromatic N) is 1. The number of pyridine rings is 1. The largest absolute Gasteiger partial charge is 0.493 e. The Labute approximate surface area is 157 Å². The summed E-state index contributed by atoms with van der Waals surface area (Å²) in [5, 5.41) is 3.68. The molecule has 1 amide bonds. The number of aromatic amines is 1. The van der Waals surface area contributed by atoms with Gasteiger partial charge in [-0.2, -0.15) is 0 Å². The molecule has 0 radical (unpaired) electrons. The van der Waals surface area contributed by atoms with E-state index in [9.17, 15) is 9.59 Å². The van der Waals surface area contributed by atoms with E-state index in [1.165, 1.54) is 14.0 Å². The predicted octanol–water partition coefficient (Wildman–Crippen LogP) is 1.26. The average Bonchev–Trinajstić information content (AvgIpc) is 3.06. The van der Waals surface area contributed by atoms with E-state index in [0.29, 0.717) is 34.9 Å². The van der Waals surface area contributed by atoms with Crippen molar-refractivity contribution in [2.45, 2.75) is 25.9 Å². The molecule has 0 bridgehead atoms. The molecule has 2 heterocycles. The molecule has 1 aromatic carbocycles. The molecule has 0 saturated carbocycles. The van der Waals surface area contributed by atoms with Crippen LogP contribution < -0.4 is 25.1 Å². The molecule has 146 valence electrons. The highest BCUT2D eigenvalue weighted by molar-refractivity contribution is 5.90. The smallest absolute Gasteiger partial charge is 0.252 e. The Bertz CT molecular complexity index is 908. The van der Waals surface area contributed by atoms with E-state index in [-0.39, 0.29) is 17.5 Å². The lowest BCUT2D eigenvalue weighted by molar-refractivity contribution is -0.119. The molecule has 27 heavy (non-hydrogen) atoms. The minimum absolute atomic E-state index is 0.0313. The zero-order valence-electron chi connectivity index (χ0n) is 16.0. The molecule has 0 aliphatic carbocycles. The Morgan fingerprint density at radius 1 is 1.22 bits per heavy atom. The number of nitrogens with one attached hydrogen (secondary N) is 2. The van der Waals surface area contributed by atoms with Crippen molar-refractivity contribution < 1.29 is 19.0 Å². The Morgan fingerprint density at radius 3 is 2.59 bits per heavy atom. The molecule has 1 atom stereocenters. The van der Waals surface area contributed by atoms with Gasteiger partial charge >= 0.3 is 0 Å². The number of carbonyl (C=O) groups is 1.